The molecule has 3 fully saturated rings. The lowest BCUT2D eigenvalue weighted by molar-refractivity contribution is -0.0441. The van der Waals surface area contributed by atoms with Crippen molar-refractivity contribution in [1.29, 1.82) is 0 Å². The summed E-state index contributed by atoms with van der Waals surface area (Å²) in [6.07, 6.45) is 7.06. The summed E-state index contributed by atoms with van der Waals surface area (Å²) >= 11 is 0. The maximum atomic E-state index is 5.86. The first-order chi connectivity index (χ1) is 5.25. The Bertz CT molecular complexity index is 195. The first kappa shape index (κ1) is 6.47. The molecule has 1 heterocycles. The van der Waals surface area contributed by atoms with Gasteiger partial charge in [-0.3, -0.25) is 0 Å². The van der Waals surface area contributed by atoms with Gasteiger partial charge in [0, 0.05) is 6.61 Å². The van der Waals surface area contributed by atoms with Crippen LogP contribution in [0.2, 0.25) is 0 Å². The summed E-state index contributed by atoms with van der Waals surface area (Å²) in [6, 6.07) is 0. The molecule has 3 aliphatic rings. The van der Waals surface area contributed by atoms with E-state index < -0.39 is 0 Å². The zero-order valence-electron chi connectivity index (χ0n) is 7.23. The molecule has 11 heavy (non-hydrogen) atoms. The molecule has 0 bridgehead atoms. The molecule has 2 atom stereocenters. The summed E-state index contributed by atoms with van der Waals surface area (Å²) in [4.78, 5) is 0. The topological polar surface area (TPSA) is 9.23 Å². The summed E-state index contributed by atoms with van der Waals surface area (Å²) in [7, 11) is 0. The van der Waals surface area contributed by atoms with E-state index in [1.54, 1.807) is 0 Å². The first-order valence-corrected chi connectivity index (χ1v) is 4.89. The van der Waals surface area contributed by atoms with Gasteiger partial charge in [-0.2, -0.15) is 0 Å². The lowest BCUT2D eigenvalue weighted by atomic mass is 9.90. The van der Waals surface area contributed by atoms with Crippen LogP contribution in [0.3, 0.4) is 0 Å². The van der Waals surface area contributed by atoms with Crippen LogP contribution >= 0.6 is 0 Å². The van der Waals surface area contributed by atoms with Gasteiger partial charge < -0.3 is 4.74 Å². The van der Waals surface area contributed by atoms with Crippen molar-refractivity contribution in [2.24, 2.45) is 11.3 Å². The zero-order chi connectivity index (χ0) is 7.53. The highest BCUT2D eigenvalue weighted by atomic mass is 16.5. The van der Waals surface area contributed by atoms with E-state index in [1.165, 1.54) is 32.1 Å². The molecule has 2 saturated carbocycles. The van der Waals surface area contributed by atoms with Crippen molar-refractivity contribution in [1.82, 2.24) is 0 Å². The van der Waals surface area contributed by atoms with Gasteiger partial charge in [0.05, 0.1) is 5.60 Å². The smallest absolute Gasteiger partial charge is 0.0717 e. The van der Waals surface area contributed by atoms with Gasteiger partial charge in [-0.25, -0.2) is 0 Å². The summed E-state index contributed by atoms with van der Waals surface area (Å²) in [5.41, 5.74) is 1.16. The van der Waals surface area contributed by atoms with Crippen LogP contribution in [0.15, 0.2) is 0 Å². The van der Waals surface area contributed by atoms with E-state index >= 15 is 0 Å². The second kappa shape index (κ2) is 1.66. The van der Waals surface area contributed by atoms with Crippen molar-refractivity contribution in [3.05, 3.63) is 0 Å². The Balaban J connectivity index is 1.79. The van der Waals surface area contributed by atoms with Crippen molar-refractivity contribution in [3.8, 4) is 0 Å². The first-order valence-electron chi connectivity index (χ1n) is 4.89. The summed E-state index contributed by atoms with van der Waals surface area (Å²) in [6.45, 7) is 3.38. The Hall–Kier alpha value is -0.0400. The third kappa shape index (κ3) is 0.807. The molecule has 0 amide bonds. The molecular formula is C10H16O. The fraction of sp³-hybridized carbons (Fsp3) is 1.00. The van der Waals surface area contributed by atoms with Crippen LogP contribution in [-0.4, -0.2) is 12.2 Å². The predicted molar refractivity (Wildman–Crippen MR) is 43.4 cm³/mol. The zero-order valence-corrected chi connectivity index (χ0v) is 7.23. The van der Waals surface area contributed by atoms with Crippen LogP contribution < -0.4 is 0 Å². The molecule has 1 heteroatoms. The number of hydrogen-bond donors (Lipinski definition) is 0. The highest BCUT2D eigenvalue weighted by Gasteiger charge is 2.61. The predicted octanol–water partition coefficient (Wildman–Crippen LogP) is 2.36. The highest BCUT2D eigenvalue weighted by Crippen LogP contribution is 2.64. The molecule has 0 aromatic heterocycles. The van der Waals surface area contributed by atoms with Gasteiger partial charge in [0.15, 0.2) is 0 Å². The maximum Gasteiger partial charge on any atom is 0.0717 e. The van der Waals surface area contributed by atoms with E-state index in [-0.39, 0.29) is 0 Å². The minimum atomic E-state index is 0.384. The van der Waals surface area contributed by atoms with Gasteiger partial charge >= 0.3 is 0 Å². The monoisotopic (exact) mass is 152 g/mol. The van der Waals surface area contributed by atoms with Crippen molar-refractivity contribution in [2.45, 2.75) is 44.6 Å². The molecule has 1 nitrogen and oxygen atoms in total. The molecule has 1 unspecified atom stereocenters. The Labute approximate surface area is 68.1 Å². The van der Waals surface area contributed by atoms with Gasteiger partial charge in [0.1, 0.15) is 0 Å². The molecule has 0 radical (unpaired) electrons. The van der Waals surface area contributed by atoms with Crippen molar-refractivity contribution >= 4 is 0 Å². The molecule has 3 rings (SSSR count). The molecule has 0 aromatic rings. The average molecular weight is 152 g/mol. The minimum Gasteiger partial charge on any atom is -0.375 e. The van der Waals surface area contributed by atoms with Crippen molar-refractivity contribution in [3.63, 3.8) is 0 Å². The molecule has 1 aliphatic heterocycles. The highest BCUT2D eigenvalue weighted by molar-refractivity contribution is 5.12. The molecule has 1 saturated heterocycles. The van der Waals surface area contributed by atoms with E-state index in [0.717, 1.165) is 17.9 Å². The number of hydrogen-bond acceptors (Lipinski definition) is 1. The Morgan fingerprint density at radius 3 is 2.55 bits per heavy atom. The van der Waals surface area contributed by atoms with Gasteiger partial charge in [-0.1, -0.05) is 6.92 Å². The molecule has 2 spiro atoms. The van der Waals surface area contributed by atoms with E-state index in [0.29, 0.717) is 5.60 Å². The third-order valence-electron chi connectivity index (χ3n) is 4.04. The van der Waals surface area contributed by atoms with Crippen LogP contribution in [0.25, 0.3) is 0 Å². The fourth-order valence-corrected chi connectivity index (χ4v) is 2.76. The average Bonchev–Trinajstić information content (AvgIpc) is 2.81. The van der Waals surface area contributed by atoms with E-state index in [9.17, 15) is 0 Å². The SMILES string of the molecule is C[C@@H]1CC12CC1(CCO2)CC1. The maximum absolute atomic E-state index is 5.86. The van der Waals surface area contributed by atoms with Crippen LogP contribution in [0.5, 0.6) is 0 Å². The fourth-order valence-electron chi connectivity index (χ4n) is 2.76. The summed E-state index contributed by atoms with van der Waals surface area (Å²) in [5.74, 6) is 0.861. The number of ether oxygens (including phenoxy) is 1. The molecule has 0 aromatic carbocycles. The van der Waals surface area contributed by atoms with E-state index in [4.69, 9.17) is 4.74 Å². The van der Waals surface area contributed by atoms with Crippen molar-refractivity contribution < 1.29 is 4.74 Å². The van der Waals surface area contributed by atoms with Crippen molar-refractivity contribution in [2.75, 3.05) is 6.61 Å². The summed E-state index contributed by atoms with van der Waals surface area (Å²) < 4.78 is 5.86. The third-order valence-corrected chi connectivity index (χ3v) is 4.04. The van der Waals surface area contributed by atoms with Gasteiger partial charge in [-0.05, 0) is 43.4 Å². The molecule has 62 valence electrons. The van der Waals surface area contributed by atoms with Crippen LogP contribution in [-0.2, 0) is 4.74 Å². The minimum absolute atomic E-state index is 0.384. The lowest BCUT2D eigenvalue weighted by Gasteiger charge is -2.30. The Morgan fingerprint density at radius 1 is 1.27 bits per heavy atom. The van der Waals surface area contributed by atoms with Crippen LogP contribution in [0, 0.1) is 11.3 Å². The van der Waals surface area contributed by atoms with E-state index in [1.807, 2.05) is 0 Å². The standard InChI is InChI=1S/C10H16O/c1-8-6-10(8)7-9(2-3-9)4-5-11-10/h8H,2-7H2,1H3/t8-,10?/m1/s1. The molecule has 0 N–H and O–H groups in total. The molecular weight excluding hydrogens is 136 g/mol. The Morgan fingerprint density at radius 2 is 2.00 bits per heavy atom. The Kier molecular flexibility index (Phi) is 0.976. The largest absolute Gasteiger partial charge is 0.375 e. The lowest BCUT2D eigenvalue weighted by Crippen LogP contribution is -2.29. The van der Waals surface area contributed by atoms with Crippen LogP contribution in [0.4, 0.5) is 0 Å². The van der Waals surface area contributed by atoms with Gasteiger partial charge in [-0.15, -0.1) is 0 Å². The quantitative estimate of drug-likeness (QED) is 0.517. The summed E-state index contributed by atoms with van der Waals surface area (Å²) in [5, 5.41) is 0. The second-order valence-electron chi connectivity index (χ2n) is 4.95. The number of rotatable bonds is 0. The van der Waals surface area contributed by atoms with Gasteiger partial charge in [0.25, 0.3) is 0 Å². The normalized spacial score (nSPS) is 51.5. The second-order valence-corrected chi connectivity index (χ2v) is 4.95. The van der Waals surface area contributed by atoms with E-state index in [2.05, 4.69) is 6.92 Å². The van der Waals surface area contributed by atoms with Gasteiger partial charge in [0.2, 0.25) is 0 Å². The molecule has 2 aliphatic carbocycles. The van der Waals surface area contributed by atoms with Crippen LogP contribution in [0.1, 0.15) is 39.0 Å².